The molecule has 0 aromatic heterocycles. The minimum absolute atomic E-state index is 0.0701. The van der Waals surface area contributed by atoms with E-state index in [0.29, 0.717) is 11.3 Å². The lowest BCUT2D eigenvalue weighted by Gasteiger charge is -2.40. The summed E-state index contributed by atoms with van der Waals surface area (Å²) >= 11 is 0. The van der Waals surface area contributed by atoms with E-state index >= 15 is 0 Å². The molecule has 3 amide bonds. The molecule has 3 rings (SSSR count). The number of rotatable bonds is 10. The number of benzene rings is 2. The quantitative estimate of drug-likeness (QED) is 0.371. The third kappa shape index (κ3) is 7.40. The lowest BCUT2D eigenvalue weighted by Crippen LogP contribution is -2.57. The normalized spacial score (nSPS) is 16.1. The van der Waals surface area contributed by atoms with Crippen molar-refractivity contribution >= 4 is 35.2 Å². The lowest BCUT2D eigenvalue weighted by atomic mass is 9.97. The maximum absolute atomic E-state index is 13.7. The summed E-state index contributed by atoms with van der Waals surface area (Å²) in [5.74, 6) is -3.48. The molecular formula is C30H35N3O6. The number of Topliss-reactive ketones (excluding diaryl/α,β-unsaturated/α-hetero) is 1. The van der Waals surface area contributed by atoms with Crippen LogP contribution in [0, 0.1) is 5.92 Å². The van der Waals surface area contributed by atoms with Crippen molar-refractivity contribution in [3.63, 3.8) is 0 Å². The molecule has 0 saturated heterocycles. The number of ketones is 1. The van der Waals surface area contributed by atoms with E-state index in [0.717, 1.165) is 5.56 Å². The molecule has 9 nitrogen and oxygen atoms in total. The highest BCUT2D eigenvalue weighted by atomic mass is 16.5. The van der Waals surface area contributed by atoms with E-state index in [9.17, 15) is 24.0 Å². The number of nitrogens with zero attached hydrogens (tertiary/aromatic N) is 2. The van der Waals surface area contributed by atoms with Crippen molar-refractivity contribution in [3.8, 4) is 0 Å². The molecule has 1 N–H and O–H groups in total. The van der Waals surface area contributed by atoms with Gasteiger partial charge in [-0.25, -0.2) is 4.79 Å². The van der Waals surface area contributed by atoms with Crippen molar-refractivity contribution in [2.24, 2.45) is 5.92 Å². The van der Waals surface area contributed by atoms with Crippen molar-refractivity contribution in [2.45, 2.75) is 59.2 Å². The van der Waals surface area contributed by atoms with Crippen LogP contribution in [0.15, 0.2) is 66.9 Å². The van der Waals surface area contributed by atoms with Crippen LogP contribution >= 0.6 is 0 Å². The summed E-state index contributed by atoms with van der Waals surface area (Å²) < 4.78 is 5.08. The van der Waals surface area contributed by atoms with Crippen LogP contribution in [0.1, 0.15) is 45.7 Å². The zero-order chi connectivity index (χ0) is 28.7. The second kappa shape index (κ2) is 13.0. The minimum Gasteiger partial charge on any atom is -0.457 e. The molecule has 206 valence electrons. The number of nitrogens with one attached hydrogen (secondary N) is 1. The topological polar surface area (TPSA) is 113 Å². The van der Waals surface area contributed by atoms with E-state index < -0.39 is 48.3 Å². The van der Waals surface area contributed by atoms with Gasteiger partial charge >= 0.3 is 5.97 Å². The first kappa shape index (κ1) is 29.3. The average molecular weight is 534 g/mol. The van der Waals surface area contributed by atoms with Crippen LogP contribution in [-0.4, -0.2) is 64.0 Å². The fourth-order valence-electron chi connectivity index (χ4n) is 4.43. The van der Waals surface area contributed by atoms with Gasteiger partial charge in [-0.1, -0.05) is 74.5 Å². The van der Waals surface area contributed by atoms with Gasteiger partial charge in [0, 0.05) is 19.5 Å². The van der Waals surface area contributed by atoms with Crippen molar-refractivity contribution in [1.29, 1.82) is 0 Å². The van der Waals surface area contributed by atoms with Crippen LogP contribution in [0.3, 0.4) is 0 Å². The highest BCUT2D eigenvalue weighted by molar-refractivity contribution is 6.36. The summed E-state index contributed by atoms with van der Waals surface area (Å²) in [4.78, 5) is 67.7. The van der Waals surface area contributed by atoms with E-state index in [1.807, 2.05) is 26.0 Å². The number of hydrogen-bond donors (Lipinski definition) is 1. The summed E-state index contributed by atoms with van der Waals surface area (Å²) in [6.07, 6.45) is 1.15. The largest absolute Gasteiger partial charge is 0.457 e. The molecule has 2 aromatic rings. The molecule has 0 bridgehead atoms. The first-order valence-electron chi connectivity index (χ1n) is 12.9. The molecule has 1 heterocycles. The van der Waals surface area contributed by atoms with E-state index in [2.05, 4.69) is 5.32 Å². The van der Waals surface area contributed by atoms with E-state index in [1.165, 1.54) is 16.7 Å². The number of carbonyl (C=O) groups excluding carboxylic acids is 5. The van der Waals surface area contributed by atoms with Crippen LogP contribution in [-0.2, 0) is 35.1 Å². The van der Waals surface area contributed by atoms with Gasteiger partial charge in [0.05, 0.1) is 11.8 Å². The van der Waals surface area contributed by atoms with Gasteiger partial charge < -0.3 is 15.0 Å². The Morgan fingerprint density at radius 3 is 2.05 bits per heavy atom. The number of amides is 3. The lowest BCUT2D eigenvalue weighted by molar-refractivity contribution is -0.157. The monoisotopic (exact) mass is 533 g/mol. The predicted octanol–water partition coefficient (Wildman–Crippen LogP) is 2.95. The van der Waals surface area contributed by atoms with E-state index in [4.69, 9.17) is 4.74 Å². The van der Waals surface area contributed by atoms with Crippen LogP contribution in [0.2, 0.25) is 0 Å². The Morgan fingerprint density at radius 2 is 1.51 bits per heavy atom. The Labute approximate surface area is 228 Å². The van der Waals surface area contributed by atoms with Gasteiger partial charge in [0.2, 0.25) is 11.8 Å². The van der Waals surface area contributed by atoms with Crippen molar-refractivity contribution < 1.29 is 28.7 Å². The summed E-state index contributed by atoms with van der Waals surface area (Å²) in [7, 11) is 0. The molecule has 0 spiro atoms. The molecule has 0 aliphatic carbocycles. The minimum atomic E-state index is -1.19. The Kier molecular flexibility index (Phi) is 9.76. The van der Waals surface area contributed by atoms with Crippen molar-refractivity contribution in [3.05, 3.63) is 78.0 Å². The van der Waals surface area contributed by atoms with E-state index in [1.54, 1.807) is 68.6 Å². The maximum Gasteiger partial charge on any atom is 0.377 e. The third-order valence-electron chi connectivity index (χ3n) is 6.22. The van der Waals surface area contributed by atoms with Gasteiger partial charge in [-0.15, -0.1) is 0 Å². The Hall–Kier alpha value is -4.27. The Morgan fingerprint density at radius 1 is 0.923 bits per heavy atom. The molecule has 2 atom stereocenters. The number of esters is 1. The molecule has 0 fully saturated rings. The fourth-order valence-corrected chi connectivity index (χ4v) is 4.43. The van der Waals surface area contributed by atoms with E-state index in [-0.39, 0.29) is 18.2 Å². The first-order chi connectivity index (χ1) is 18.5. The molecule has 9 heteroatoms. The molecule has 1 aliphatic heterocycles. The number of hydrogen-bond acceptors (Lipinski definition) is 6. The SMILES string of the molecule is CC(=O)N1C=C(c2ccccc2)N(CC(=O)N[C@@H](Cc2ccccc2)C(=O)C(=O)OC(C)C)C(=O)C1C(C)C. The highest BCUT2D eigenvalue weighted by Crippen LogP contribution is 2.30. The number of ether oxygens (including phenoxy) is 1. The third-order valence-corrected chi connectivity index (χ3v) is 6.22. The molecule has 1 unspecified atom stereocenters. The molecule has 2 aromatic carbocycles. The van der Waals surface area contributed by atoms with Crippen molar-refractivity contribution in [1.82, 2.24) is 15.1 Å². The molecule has 0 radical (unpaired) electrons. The van der Waals surface area contributed by atoms with Gasteiger partial charge in [0.25, 0.3) is 11.7 Å². The maximum atomic E-state index is 13.7. The second-order valence-corrected chi connectivity index (χ2v) is 10.0. The first-order valence-corrected chi connectivity index (χ1v) is 12.9. The van der Waals surface area contributed by atoms with Crippen LogP contribution in [0.4, 0.5) is 0 Å². The summed E-state index contributed by atoms with van der Waals surface area (Å²) in [5.41, 5.74) is 1.77. The van der Waals surface area contributed by atoms with Gasteiger partial charge in [-0.2, -0.15) is 0 Å². The summed E-state index contributed by atoms with van der Waals surface area (Å²) in [6.45, 7) is 7.89. The summed E-state index contributed by atoms with van der Waals surface area (Å²) in [6, 6.07) is 16.0. The van der Waals surface area contributed by atoms with Crippen molar-refractivity contribution in [2.75, 3.05) is 6.54 Å². The van der Waals surface area contributed by atoms with Gasteiger partial charge in [-0.05, 0) is 30.9 Å². The Balaban J connectivity index is 1.92. The molecule has 1 aliphatic rings. The standard InChI is InChI=1S/C30H35N3O6/c1-19(2)27-29(37)33(25(17-32(27)21(5)34)23-14-10-7-11-15-23)18-26(35)31-24(16-22-12-8-6-9-13-22)28(36)30(38)39-20(3)4/h6-15,17,19-20,24,27H,16,18H2,1-5H3,(H,31,35)/t24-,27?/m0/s1. The molecular weight excluding hydrogens is 498 g/mol. The zero-order valence-corrected chi connectivity index (χ0v) is 22.9. The number of carbonyl (C=O) groups is 5. The summed E-state index contributed by atoms with van der Waals surface area (Å²) in [5, 5.41) is 2.65. The average Bonchev–Trinajstić information content (AvgIpc) is 2.89. The Bertz CT molecular complexity index is 1240. The van der Waals surface area contributed by atoms with Crippen LogP contribution in [0.25, 0.3) is 5.70 Å². The van der Waals surface area contributed by atoms with Gasteiger partial charge in [0.1, 0.15) is 18.6 Å². The predicted molar refractivity (Wildman–Crippen MR) is 146 cm³/mol. The van der Waals surface area contributed by atoms with Gasteiger partial charge in [-0.3, -0.25) is 24.1 Å². The van der Waals surface area contributed by atoms with Crippen LogP contribution in [0.5, 0.6) is 0 Å². The molecule has 0 saturated carbocycles. The zero-order valence-electron chi connectivity index (χ0n) is 22.9. The van der Waals surface area contributed by atoms with Gasteiger partial charge in [0.15, 0.2) is 0 Å². The fraction of sp³-hybridized carbons (Fsp3) is 0.367. The highest BCUT2D eigenvalue weighted by Gasteiger charge is 2.40. The molecule has 39 heavy (non-hydrogen) atoms. The second-order valence-electron chi connectivity index (χ2n) is 10.0. The van der Waals surface area contributed by atoms with Crippen LogP contribution < -0.4 is 5.32 Å². The smallest absolute Gasteiger partial charge is 0.377 e.